The van der Waals surface area contributed by atoms with Gasteiger partial charge in [-0.1, -0.05) is 0 Å². The Hall–Kier alpha value is -0.860. The maximum absolute atomic E-state index is 10.6. The van der Waals surface area contributed by atoms with Crippen LogP contribution in [-0.2, 0) is 14.3 Å². The second-order valence-corrected chi connectivity index (χ2v) is 3.02. The summed E-state index contributed by atoms with van der Waals surface area (Å²) in [6.07, 6.45) is 1.02. The van der Waals surface area contributed by atoms with Crippen LogP contribution in [0.5, 0.6) is 0 Å². The predicted octanol–water partition coefficient (Wildman–Crippen LogP) is 0.527. The number of aldehydes is 1. The summed E-state index contributed by atoms with van der Waals surface area (Å²) in [5, 5.41) is 0. The van der Waals surface area contributed by atoms with Gasteiger partial charge in [0, 0.05) is 0 Å². The zero-order chi connectivity index (χ0) is 7.78. The third-order valence-corrected chi connectivity index (χ3v) is 1.82. The molecule has 0 saturated carbocycles. The molecule has 0 amide bonds. The van der Waals surface area contributed by atoms with Crippen molar-refractivity contribution in [2.45, 2.75) is 25.9 Å². The number of cyclic esters (lactones) is 1. The molecule has 0 bridgehead atoms. The predicted molar refractivity (Wildman–Crippen MR) is 34.3 cm³/mol. The first-order valence-corrected chi connectivity index (χ1v) is 3.23. The van der Waals surface area contributed by atoms with Crippen LogP contribution in [0.1, 0.15) is 20.3 Å². The second-order valence-electron chi connectivity index (χ2n) is 3.02. The lowest BCUT2D eigenvalue weighted by Crippen LogP contribution is -2.28. The van der Waals surface area contributed by atoms with E-state index in [0.717, 1.165) is 6.29 Å². The zero-order valence-electron chi connectivity index (χ0n) is 6.09. The van der Waals surface area contributed by atoms with E-state index in [1.54, 1.807) is 13.8 Å². The molecule has 1 unspecified atom stereocenters. The number of carbonyl (C=O) groups excluding carboxylic acids is 2. The van der Waals surface area contributed by atoms with E-state index < -0.39 is 5.60 Å². The molecule has 0 aromatic heterocycles. The Morgan fingerprint density at radius 2 is 2.30 bits per heavy atom. The Morgan fingerprint density at radius 1 is 1.70 bits per heavy atom. The maximum atomic E-state index is 10.6. The van der Waals surface area contributed by atoms with Crippen molar-refractivity contribution >= 4 is 12.3 Å². The molecule has 3 heteroatoms. The number of carbonyl (C=O) groups is 2. The monoisotopic (exact) mass is 142 g/mol. The molecule has 1 rings (SSSR count). The Bertz CT molecular complexity index is 172. The van der Waals surface area contributed by atoms with Gasteiger partial charge in [-0.2, -0.15) is 0 Å². The van der Waals surface area contributed by atoms with Crippen molar-refractivity contribution in [1.29, 1.82) is 0 Å². The van der Waals surface area contributed by atoms with Gasteiger partial charge in [0.05, 0.1) is 12.3 Å². The fraction of sp³-hybridized carbons (Fsp3) is 0.714. The standard InChI is InChI=1S/C7H10O3/c1-7(2)5(4-8)3-6(9)10-7/h4-5H,3H2,1-2H3. The molecular weight excluding hydrogens is 132 g/mol. The van der Waals surface area contributed by atoms with Crippen molar-refractivity contribution in [1.82, 2.24) is 0 Å². The number of hydrogen-bond acceptors (Lipinski definition) is 3. The first-order valence-electron chi connectivity index (χ1n) is 3.23. The van der Waals surface area contributed by atoms with Gasteiger partial charge in [-0.25, -0.2) is 0 Å². The van der Waals surface area contributed by atoms with Gasteiger partial charge in [-0.3, -0.25) is 4.79 Å². The van der Waals surface area contributed by atoms with E-state index in [1.165, 1.54) is 0 Å². The van der Waals surface area contributed by atoms with Gasteiger partial charge in [0.1, 0.15) is 11.9 Å². The minimum atomic E-state index is -0.584. The molecule has 1 atom stereocenters. The zero-order valence-corrected chi connectivity index (χ0v) is 6.09. The molecule has 0 radical (unpaired) electrons. The van der Waals surface area contributed by atoms with E-state index in [0.29, 0.717) is 0 Å². The van der Waals surface area contributed by atoms with Crippen LogP contribution < -0.4 is 0 Å². The molecule has 10 heavy (non-hydrogen) atoms. The molecule has 56 valence electrons. The van der Waals surface area contributed by atoms with Crippen LogP contribution in [0.2, 0.25) is 0 Å². The third-order valence-electron chi connectivity index (χ3n) is 1.82. The minimum Gasteiger partial charge on any atom is -0.459 e. The maximum Gasteiger partial charge on any atom is 0.307 e. The highest BCUT2D eigenvalue weighted by Crippen LogP contribution is 2.30. The first-order chi connectivity index (χ1) is 4.56. The average molecular weight is 142 g/mol. The number of ether oxygens (including phenoxy) is 1. The highest BCUT2D eigenvalue weighted by atomic mass is 16.6. The van der Waals surface area contributed by atoms with Crippen LogP contribution in [0.25, 0.3) is 0 Å². The lowest BCUT2D eigenvalue weighted by atomic mass is 9.93. The summed E-state index contributed by atoms with van der Waals surface area (Å²) >= 11 is 0. The molecule has 0 aromatic rings. The smallest absolute Gasteiger partial charge is 0.307 e. The van der Waals surface area contributed by atoms with Crippen LogP contribution in [0.4, 0.5) is 0 Å². The van der Waals surface area contributed by atoms with Gasteiger partial charge in [-0.15, -0.1) is 0 Å². The topological polar surface area (TPSA) is 43.4 Å². The van der Waals surface area contributed by atoms with Gasteiger partial charge < -0.3 is 9.53 Å². The molecule has 0 aromatic carbocycles. The molecule has 1 fully saturated rings. The third kappa shape index (κ3) is 1.03. The quantitative estimate of drug-likeness (QED) is 0.396. The van der Waals surface area contributed by atoms with Crippen molar-refractivity contribution in [2.75, 3.05) is 0 Å². The van der Waals surface area contributed by atoms with E-state index in [2.05, 4.69) is 0 Å². The number of hydrogen-bond donors (Lipinski definition) is 0. The van der Waals surface area contributed by atoms with Gasteiger partial charge in [0.2, 0.25) is 0 Å². The van der Waals surface area contributed by atoms with Crippen LogP contribution in [-0.4, -0.2) is 17.9 Å². The molecule has 0 aliphatic carbocycles. The Kier molecular flexibility index (Phi) is 1.50. The lowest BCUT2D eigenvalue weighted by Gasteiger charge is -2.19. The molecule has 1 saturated heterocycles. The van der Waals surface area contributed by atoms with Crippen molar-refractivity contribution in [3.05, 3.63) is 0 Å². The summed E-state index contributed by atoms with van der Waals surface area (Å²) in [6, 6.07) is 0. The summed E-state index contributed by atoms with van der Waals surface area (Å²) in [5.41, 5.74) is -0.584. The van der Waals surface area contributed by atoms with E-state index in [9.17, 15) is 9.59 Å². The van der Waals surface area contributed by atoms with Crippen LogP contribution in [0.15, 0.2) is 0 Å². The van der Waals surface area contributed by atoms with Gasteiger partial charge in [0.15, 0.2) is 0 Å². The van der Waals surface area contributed by atoms with Crippen molar-refractivity contribution in [3.63, 3.8) is 0 Å². The Labute approximate surface area is 59.4 Å². The van der Waals surface area contributed by atoms with E-state index in [4.69, 9.17) is 4.74 Å². The van der Waals surface area contributed by atoms with E-state index in [1.807, 2.05) is 0 Å². The summed E-state index contributed by atoms with van der Waals surface area (Å²) in [6.45, 7) is 3.49. The van der Waals surface area contributed by atoms with Crippen LogP contribution in [0.3, 0.4) is 0 Å². The van der Waals surface area contributed by atoms with E-state index >= 15 is 0 Å². The molecular formula is C7H10O3. The molecule has 1 aliphatic heterocycles. The summed E-state index contributed by atoms with van der Waals surface area (Å²) in [7, 11) is 0. The van der Waals surface area contributed by atoms with Gasteiger partial charge in [-0.05, 0) is 13.8 Å². The highest BCUT2D eigenvalue weighted by Gasteiger charge is 2.41. The second kappa shape index (κ2) is 2.08. The number of rotatable bonds is 1. The molecule has 0 N–H and O–H groups in total. The van der Waals surface area contributed by atoms with E-state index in [-0.39, 0.29) is 18.3 Å². The molecule has 1 heterocycles. The number of esters is 1. The fourth-order valence-corrected chi connectivity index (χ4v) is 1.05. The normalized spacial score (nSPS) is 29.8. The molecule has 3 nitrogen and oxygen atoms in total. The minimum absolute atomic E-state index is 0.233. The van der Waals surface area contributed by atoms with Crippen molar-refractivity contribution < 1.29 is 14.3 Å². The molecule has 1 aliphatic rings. The van der Waals surface area contributed by atoms with Gasteiger partial charge >= 0.3 is 5.97 Å². The summed E-state index contributed by atoms with van der Waals surface area (Å²) in [5.74, 6) is -0.540. The Morgan fingerprint density at radius 3 is 2.50 bits per heavy atom. The summed E-state index contributed by atoms with van der Waals surface area (Å²) in [4.78, 5) is 21.0. The SMILES string of the molecule is CC1(C)OC(=O)CC1C=O. The van der Waals surface area contributed by atoms with Crippen LogP contribution >= 0.6 is 0 Å². The summed E-state index contributed by atoms with van der Waals surface area (Å²) < 4.78 is 4.88. The van der Waals surface area contributed by atoms with Crippen LogP contribution in [0, 0.1) is 5.92 Å². The first kappa shape index (κ1) is 7.25. The Balaban J connectivity index is 2.76. The molecule has 0 spiro atoms. The average Bonchev–Trinajstić information content (AvgIpc) is 2.04. The van der Waals surface area contributed by atoms with Crippen molar-refractivity contribution in [3.8, 4) is 0 Å². The largest absolute Gasteiger partial charge is 0.459 e. The fourth-order valence-electron chi connectivity index (χ4n) is 1.05. The van der Waals surface area contributed by atoms with Crippen molar-refractivity contribution in [2.24, 2.45) is 5.92 Å². The van der Waals surface area contributed by atoms with Gasteiger partial charge in [0.25, 0.3) is 0 Å². The lowest BCUT2D eigenvalue weighted by molar-refractivity contribution is -0.146. The highest BCUT2D eigenvalue weighted by molar-refractivity contribution is 5.78.